The molecule has 0 bridgehead atoms. The van der Waals surface area contributed by atoms with E-state index in [0.717, 1.165) is 12.8 Å². The molecule has 31 heavy (non-hydrogen) atoms. The van der Waals surface area contributed by atoms with Gasteiger partial charge in [-0.05, 0) is 43.4 Å². The predicted octanol–water partition coefficient (Wildman–Crippen LogP) is 3.27. The average molecular weight is 470 g/mol. The summed E-state index contributed by atoms with van der Waals surface area (Å²) in [5.41, 5.74) is 0.112. The van der Waals surface area contributed by atoms with E-state index in [2.05, 4.69) is 5.32 Å². The Hall–Kier alpha value is -2.20. The molecule has 4 N–H and O–H groups in total. The second kappa shape index (κ2) is 12.6. The molecule has 1 aromatic carbocycles. The first-order valence-corrected chi connectivity index (χ1v) is 12.5. The average Bonchev–Trinajstić information content (AvgIpc) is 3.23. The number of phenols is 1. The van der Waals surface area contributed by atoms with Crippen molar-refractivity contribution >= 4 is 45.2 Å². The lowest BCUT2D eigenvalue weighted by atomic mass is 10.0. The molecule has 1 aliphatic rings. The molecule has 1 amide bonds. The molecule has 1 heterocycles. The minimum Gasteiger partial charge on any atom is -0.507 e. The summed E-state index contributed by atoms with van der Waals surface area (Å²) in [5.74, 6) is -2.34. The van der Waals surface area contributed by atoms with Gasteiger partial charge in [-0.25, -0.2) is 9.59 Å². The van der Waals surface area contributed by atoms with Gasteiger partial charge in [0.05, 0.1) is 0 Å². The SMILES string of the molecule is O=C(CCC(NC(=O)CCCCC1CCSS1)C(=O)O)Cc1ccc(O)c(C(=O)O)c1. The van der Waals surface area contributed by atoms with Crippen molar-refractivity contribution in [2.24, 2.45) is 0 Å². The smallest absolute Gasteiger partial charge is 0.339 e. The summed E-state index contributed by atoms with van der Waals surface area (Å²) in [5, 5.41) is 31.0. The van der Waals surface area contributed by atoms with Crippen LogP contribution < -0.4 is 5.32 Å². The van der Waals surface area contributed by atoms with Gasteiger partial charge in [-0.2, -0.15) is 0 Å². The predicted molar refractivity (Wildman–Crippen MR) is 119 cm³/mol. The van der Waals surface area contributed by atoms with E-state index < -0.39 is 23.7 Å². The fourth-order valence-corrected chi connectivity index (χ4v) is 6.26. The van der Waals surface area contributed by atoms with Gasteiger partial charge in [0.2, 0.25) is 5.91 Å². The Labute approximate surface area is 188 Å². The van der Waals surface area contributed by atoms with Gasteiger partial charge in [0, 0.05) is 30.3 Å². The Morgan fingerprint density at radius 3 is 2.55 bits per heavy atom. The van der Waals surface area contributed by atoms with Gasteiger partial charge in [0.1, 0.15) is 23.1 Å². The molecule has 1 aromatic rings. The minimum absolute atomic E-state index is 0.0419. The number of hydrogen-bond donors (Lipinski definition) is 4. The van der Waals surface area contributed by atoms with Gasteiger partial charge in [0.25, 0.3) is 0 Å². The maximum absolute atomic E-state index is 12.2. The maximum atomic E-state index is 12.2. The van der Waals surface area contributed by atoms with Crippen LogP contribution in [0.5, 0.6) is 5.75 Å². The molecule has 0 radical (unpaired) electrons. The molecule has 0 spiro atoms. The Morgan fingerprint density at radius 1 is 1.13 bits per heavy atom. The fraction of sp³-hybridized carbons (Fsp3) is 0.524. The van der Waals surface area contributed by atoms with Crippen LogP contribution in [0.25, 0.3) is 0 Å². The van der Waals surface area contributed by atoms with Crippen molar-refractivity contribution in [3.8, 4) is 5.75 Å². The number of unbranched alkanes of at least 4 members (excludes halogenated alkanes) is 1. The Balaban J connectivity index is 1.74. The van der Waals surface area contributed by atoms with Gasteiger partial charge in [0.15, 0.2) is 0 Å². The first kappa shape index (κ1) is 25.1. The maximum Gasteiger partial charge on any atom is 0.339 e. The normalized spacial score (nSPS) is 16.6. The zero-order valence-electron chi connectivity index (χ0n) is 17.0. The Kier molecular flexibility index (Phi) is 10.2. The second-order valence-electron chi connectivity index (χ2n) is 7.44. The summed E-state index contributed by atoms with van der Waals surface area (Å²) in [7, 11) is 3.77. The number of carbonyl (C=O) groups excluding carboxylic acids is 2. The van der Waals surface area contributed by atoms with Crippen LogP contribution in [-0.2, 0) is 20.8 Å². The van der Waals surface area contributed by atoms with E-state index >= 15 is 0 Å². The molecule has 0 aliphatic carbocycles. The number of carboxylic acid groups (broad SMARTS) is 2. The molecular formula is C21H27NO7S2. The first-order valence-electron chi connectivity index (χ1n) is 10.1. The topological polar surface area (TPSA) is 141 Å². The molecular weight excluding hydrogens is 442 g/mol. The van der Waals surface area contributed by atoms with Crippen molar-refractivity contribution in [2.45, 2.75) is 62.7 Å². The van der Waals surface area contributed by atoms with E-state index in [0.29, 0.717) is 17.2 Å². The molecule has 8 nitrogen and oxygen atoms in total. The molecule has 0 aromatic heterocycles. The van der Waals surface area contributed by atoms with Gasteiger partial charge < -0.3 is 20.6 Å². The van der Waals surface area contributed by atoms with Crippen LogP contribution in [0.1, 0.15) is 60.9 Å². The van der Waals surface area contributed by atoms with Crippen LogP contribution in [-0.4, -0.2) is 56.0 Å². The number of ketones is 1. The standard InChI is InChI=1S/C21H27NO7S2/c23-14(11-13-5-8-18(24)16(12-13)20(26)27)6-7-17(21(28)29)22-19(25)4-2-1-3-15-9-10-30-31-15/h5,8,12,15,17,24H,1-4,6-7,9-11H2,(H,22,25)(H,26,27)(H,28,29). The monoisotopic (exact) mass is 469 g/mol. The van der Waals surface area contributed by atoms with Gasteiger partial charge in [-0.3, -0.25) is 9.59 Å². The number of aromatic carboxylic acids is 1. The van der Waals surface area contributed by atoms with Crippen molar-refractivity contribution in [3.05, 3.63) is 29.3 Å². The van der Waals surface area contributed by atoms with Crippen LogP contribution >= 0.6 is 21.6 Å². The number of Topliss-reactive ketones (excluding diaryl/α,β-unsaturated/α-hetero) is 1. The van der Waals surface area contributed by atoms with Crippen molar-refractivity contribution < 1.29 is 34.5 Å². The summed E-state index contributed by atoms with van der Waals surface area (Å²) >= 11 is 0. The van der Waals surface area contributed by atoms with Crippen LogP contribution in [0.15, 0.2) is 18.2 Å². The highest BCUT2D eigenvalue weighted by Gasteiger charge is 2.22. The van der Waals surface area contributed by atoms with Crippen LogP contribution in [0.4, 0.5) is 0 Å². The lowest BCUT2D eigenvalue weighted by molar-refractivity contribution is -0.142. The van der Waals surface area contributed by atoms with Crippen LogP contribution in [0.2, 0.25) is 0 Å². The third-order valence-corrected chi connectivity index (χ3v) is 7.95. The van der Waals surface area contributed by atoms with E-state index in [4.69, 9.17) is 5.11 Å². The van der Waals surface area contributed by atoms with Crippen molar-refractivity contribution in [3.63, 3.8) is 0 Å². The minimum atomic E-state index is -1.30. The highest BCUT2D eigenvalue weighted by atomic mass is 33.1. The number of hydrogen-bond acceptors (Lipinski definition) is 7. The zero-order chi connectivity index (χ0) is 22.8. The molecule has 1 fully saturated rings. The molecule has 1 aliphatic heterocycles. The number of carbonyl (C=O) groups is 4. The number of nitrogens with one attached hydrogen (secondary N) is 1. The quantitative estimate of drug-likeness (QED) is 0.253. The summed E-state index contributed by atoms with van der Waals surface area (Å²) < 4.78 is 0. The molecule has 10 heteroatoms. The van der Waals surface area contributed by atoms with E-state index in [-0.39, 0.29) is 42.9 Å². The number of carboxylic acids is 2. The van der Waals surface area contributed by atoms with Crippen molar-refractivity contribution in [1.82, 2.24) is 5.32 Å². The van der Waals surface area contributed by atoms with Gasteiger partial charge >= 0.3 is 11.9 Å². The van der Waals surface area contributed by atoms with E-state index in [1.807, 2.05) is 21.6 Å². The second-order valence-corrected chi connectivity index (χ2v) is 10.2. The molecule has 0 saturated carbocycles. The van der Waals surface area contributed by atoms with E-state index in [1.165, 1.54) is 30.4 Å². The largest absolute Gasteiger partial charge is 0.507 e. The molecule has 170 valence electrons. The lowest BCUT2D eigenvalue weighted by Gasteiger charge is -2.14. The Bertz CT molecular complexity index is 809. The summed E-state index contributed by atoms with van der Waals surface area (Å²) in [6, 6.07) is 2.72. The van der Waals surface area contributed by atoms with Gasteiger partial charge in [-0.1, -0.05) is 34.1 Å². The number of aliphatic carboxylic acids is 1. The molecule has 2 rings (SSSR count). The number of benzene rings is 1. The van der Waals surface area contributed by atoms with Crippen LogP contribution in [0.3, 0.4) is 0 Å². The summed E-state index contributed by atoms with van der Waals surface area (Å²) in [6.45, 7) is 0. The highest BCUT2D eigenvalue weighted by molar-refractivity contribution is 8.77. The number of rotatable bonds is 13. The lowest BCUT2D eigenvalue weighted by Crippen LogP contribution is -2.41. The van der Waals surface area contributed by atoms with E-state index in [9.17, 15) is 29.4 Å². The molecule has 2 unspecified atom stereocenters. The Morgan fingerprint density at radius 2 is 1.90 bits per heavy atom. The van der Waals surface area contributed by atoms with Crippen LogP contribution in [0, 0.1) is 0 Å². The molecule has 1 saturated heterocycles. The van der Waals surface area contributed by atoms with Crippen molar-refractivity contribution in [2.75, 3.05) is 5.75 Å². The molecule has 2 atom stereocenters. The number of amides is 1. The fourth-order valence-electron chi connectivity index (χ4n) is 3.23. The first-order chi connectivity index (χ1) is 14.8. The third kappa shape index (κ3) is 8.82. The summed E-state index contributed by atoms with van der Waals surface area (Å²) in [6.07, 6.45) is 3.93. The third-order valence-electron chi connectivity index (χ3n) is 4.95. The van der Waals surface area contributed by atoms with Crippen molar-refractivity contribution in [1.29, 1.82) is 0 Å². The highest BCUT2D eigenvalue weighted by Crippen LogP contribution is 2.39. The number of aromatic hydroxyl groups is 1. The summed E-state index contributed by atoms with van der Waals surface area (Å²) in [4.78, 5) is 46.8. The van der Waals surface area contributed by atoms with Gasteiger partial charge in [-0.15, -0.1) is 0 Å². The van der Waals surface area contributed by atoms with E-state index in [1.54, 1.807) is 0 Å². The zero-order valence-corrected chi connectivity index (χ0v) is 18.7.